The van der Waals surface area contributed by atoms with Crippen molar-refractivity contribution in [2.45, 2.75) is 64.9 Å². The van der Waals surface area contributed by atoms with Gasteiger partial charge in [0.1, 0.15) is 11.5 Å². The van der Waals surface area contributed by atoms with Gasteiger partial charge >= 0.3 is 0 Å². The van der Waals surface area contributed by atoms with E-state index < -0.39 is 6.10 Å². The average Bonchev–Trinajstić information content (AvgIpc) is 2.87. The Bertz CT molecular complexity index is 1070. The minimum Gasteiger partial charge on any atom is -0.496 e. The number of likely N-dealkylation sites (tertiary alicyclic amines) is 1. The molecule has 0 unspecified atom stereocenters. The lowest BCUT2D eigenvalue weighted by atomic mass is 9.73. The summed E-state index contributed by atoms with van der Waals surface area (Å²) in [5.41, 5.74) is 3.27. The monoisotopic (exact) mass is 492 g/mol. The summed E-state index contributed by atoms with van der Waals surface area (Å²) in [7, 11) is 3.56. The number of methoxy groups -OCH3 is 1. The van der Waals surface area contributed by atoms with E-state index in [1.807, 2.05) is 67.1 Å². The lowest BCUT2D eigenvalue weighted by molar-refractivity contribution is -0.140. The van der Waals surface area contributed by atoms with Crippen LogP contribution in [0.3, 0.4) is 0 Å². The van der Waals surface area contributed by atoms with Gasteiger partial charge in [0, 0.05) is 26.7 Å². The Morgan fingerprint density at radius 3 is 2.58 bits per heavy atom. The first-order valence-corrected chi connectivity index (χ1v) is 13.2. The molecule has 4 rings (SSSR count). The van der Waals surface area contributed by atoms with Crippen molar-refractivity contribution >= 4 is 11.8 Å². The molecule has 6 heteroatoms. The number of likely N-dealkylation sites (N-methyl/N-ethyl adjacent to an activating group) is 1. The fourth-order valence-electron chi connectivity index (χ4n) is 5.83. The number of para-hydroxylation sites is 1. The minimum atomic E-state index is -0.526. The summed E-state index contributed by atoms with van der Waals surface area (Å²) >= 11 is 0. The average molecular weight is 493 g/mol. The first-order valence-electron chi connectivity index (χ1n) is 13.2. The van der Waals surface area contributed by atoms with Crippen LogP contribution in [0.5, 0.6) is 11.5 Å². The molecule has 2 aromatic carbocycles. The molecule has 0 aliphatic carbocycles. The van der Waals surface area contributed by atoms with Crippen molar-refractivity contribution < 1.29 is 19.1 Å². The van der Waals surface area contributed by atoms with E-state index in [4.69, 9.17) is 9.47 Å². The normalized spacial score (nSPS) is 20.7. The van der Waals surface area contributed by atoms with E-state index in [1.165, 1.54) is 5.56 Å². The Labute approximate surface area is 215 Å². The number of fused-ring (bicyclic) bond motifs is 1. The molecule has 2 aliphatic heterocycles. The molecule has 0 N–H and O–H groups in total. The molecular weight excluding hydrogens is 452 g/mol. The SMILES string of the molecule is COc1ccc(CC(=O)N2CCC3(CCCCc4ccccc4O[C@H](C)C(=O)N(C)C3)CC2)cc1C. The zero-order valence-corrected chi connectivity index (χ0v) is 22.2. The summed E-state index contributed by atoms with van der Waals surface area (Å²) in [6.45, 7) is 6.04. The molecule has 1 fully saturated rings. The number of ether oxygens (including phenoxy) is 2. The molecule has 1 saturated heterocycles. The second-order valence-corrected chi connectivity index (χ2v) is 10.6. The third kappa shape index (κ3) is 6.03. The number of carbonyl (C=O) groups is 2. The first-order chi connectivity index (χ1) is 17.3. The van der Waals surface area contributed by atoms with E-state index in [-0.39, 0.29) is 17.2 Å². The standard InChI is InChI=1S/C30H40N2O4/c1-22-19-24(12-13-26(22)35-4)20-28(33)32-17-15-30(16-18-32)14-8-7-10-25-9-5-6-11-27(25)36-23(2)29(34)31(3)21-30/h5-6,9,11-13,19,23H,7-8,10,14-18,20-21H2,1-4H3/t23-/m1/s1. The van der Waals surface area contributed by atoms with Crippen LogP contribution in [0.4, 0.5) is 0 Å². The number of hydrogen-bond donors (Lipinski definition) is 0. The highest BCUT2D eigenvalue weighted by Crippen LogP contribution is 2.38. The lowest BCUT2D eigenvalue weighted by Crippen LogP contribution is -2.50. The van der Waals surface area contributed by atoms with Gasteiger partial charge in [-0.3, -0.25) is 9.59 Å². The van der Waals surface area contributed by atoms with Crippen molar-refractivity contribution in [3.63, 3.8) is 0 Å². The second-order valence-electron chi connectivity index (χ2n) is 10.6. The van der Waals surface area contributed by atoms with Crippen molar-refractivity contribution in [3.05, 3.63) is 59.2 Å². The molecule has 36 heavy (non-hydrogen) atoms. The molecule has 194 valence electrons. The predicted molar refractivity (Wildman–Crippen MR) is 141 cm³/mol. The lowest BCUT2D eigenvalue weighted by Gasteiger charge is -2.44. The maximum Gasteiger partial charge on any atom is 0.263 e. The van der Waals surface area contributed by atoms with Gasteiger partial charge in [-0.1, -0.05) is 36.8 Å². The summed E-state index contributed by atoms with van der Waals surface area (Å²) in [5, 5.41) is 0. The van der Waals surface area contributed by atoms with E-state index in [2.05, 4.69) is 6.07 Å². The molecule has 2 amide bonds. The Morgan fingerprint density at radius 2 is 1.86 bits per heavy atom. The van der Waals surface area contributed by atoms with Crippen LogP contribution in [0.25, 0.3) is 0 Å². The third-order valence-corrected chi connectivity index (χ3v) is 7.97. The van der Waals surface area contributed by atoms with Crippen molar-refractivity contribution in [2.75, 3.05) is 33.8 Å². The second kappa shape index (κ2) is 11.4. The number of carbonyl (C=O) groups excluding carboxylic acids is 2. The van der Waals surface area contributed by atoms with Crippen LogP contribution < -0.4 is 9.47 Å². The van der Waals surface area contributed by atoms with E-state index >= 15 is 0 Å². The van der Waals surface area contributed by atoms with Crippen LogP contribution in [0.15, 0.2) is 42.5 Å². The van der Waals surface area contributed by atoms with Crippen LogP contribution in [-0.4, -0.2) is 61.5 Å². The molecule has 2 aliphatic rings. The van der Waals surface area contributed by atoms with E-state index in [9.17, 15) is 9.59 Å². The summed E-state index contributed by atoms with van der Waals surface area (Å²) in [6, 6.07) is 14.0. The fourth-order valence-corrected chi connectivity index (χ4v) is 5.83. The Morgan fingerprint density at radius 1 is 1.11 bits per heavy atom. The van der Waals surface area contributed by atoms with Crippen LogP contribution in [0.2, 0.25) is 0 Å². The quantitative estimate of drug-likeness (QED) is 0.617. The maximum absolute atomic E-state index is 13.2. The van der Waals surface area contributed by atoms with Crippen molar-refractivity contribution in [1.82, 2.24) is 9.80 Å². The van der Waals surface area contributed by atoms with Crippen LogP contribution in [-0.2, 0) is 22.4 Å². The van der Waals surface area contributed by atoms with Gasteiger partial charge < -0.3 is 19.3 Å². The van der Waals surface area contributed by atoms with E-state index in [0.717, 1.165) is 74.2 Å². The van der Waals surface area contributed by atoms with Crippen molar-refractivity contribution in [2.24, 2.45) is 5.41 Å². The number of rotatable bonds is 3. The van der Waals surface area contributed by atoms with Gasteiger partial charge in [0.05, 0.1) is 13.5 Å². The van der Waals surface area contributed by atoms with Crippen LogP contribution in [0, 0.1) is 12.3 Å². The van der Waals surface area contributed by atoms with Crippen LogP contribution in [0.1, 0.15) is 55.7 Å². The third-order valence-electron chi connectivity index (χ3n) is 7.97. The van der Waals surface area contributed by atoms with Gasteiger partial charge in [0.25, 0.3) is 5.91 Å². The summed E-state index contributed by atoms with van der Waals surface area (Å²) < 4.78 is 11.4. The van der Waals surface area contributed by atoms with Crippen molar-refractivity contribution in [3.8, 4) is 11.5 Å². The summed E-state index contributed by atoms with van der Waals surface area (Å²) in [4.78, 5) is 30.1. The summed E-state index contributed by atoms with van der Waals surface area (Å²) in [5.74, 6) is 1.85. The van der Waals surface area contributed by atoms with Gasteiger partial charge in [0.2, 0.25) is 5.91 Å². The largest absolute Gasteiger partial charge is 0.496 e. The smallest absolute Gasteiger partial charge is 0.263 e. The number of nitrogens with zero attached hydrogens (tertiary/aromatic N) is 2. The summed E-state index contributed by atoms with van der Waals surface area (Å²) in [6.07, 6.45) is 5.94. The molecule has 0 bridgehead atoms. The molecule has 0 saturated carbocycles. The molecule has 0 aromatic heterocycles. The molecule has 1 spiro atoms. The fraction of sp³-hybridized carbons (Fsp3) is 0.533. The van der Waals surface area contributed by atoms with E-state index in [1.54, 1.807) is 7.11 Å². The molecule has 6 nitrogen and oxygen atoms in total. The maximum atomic E-state index is 13.2. The van der Waals surface area contributed by atoms with Crippen LogP contribution >= 0.6 is 0 Å². The van der Waals surface area contributed by atoms with Crippen molar-refractivity contribution in [1.29, 1.82) is 0 Å². The number of piperidine rings is 1. The van der Waals surface area contributed by atoms with Gasteiger partial charge in [0.15, 0.2) is 6.10 Å². The Hall–Kier alpha value is -3.02. The molecule has 0 radical (unpaired) electrons. The molecule has 2 heterocycles. The topological polar surface area (TPSA) is 59.1 Å². The first kappa shape index (κ1) is 26.1. The zero-order chi connectivity index (χ0) is 25.7. The highest BCUT2D eigenvalue weighted by molar-refractivity contribution is 5.81. The van der Waals surface area contributed by atoms with E-state index in [0.29, 0.717) is 13.0 Å². The molecule has 1 atom stereocenters. The predicted octanol–water partition coefficient (Wildman–Crippen LogP) is 4.81. The van der Waals surface area contributed by atoms with Gasteiger partial charge in [-0.25, -0.2) is 0 Å². The number of aryl methyl sites for hydroxylation is 2. The van der Waals surface area contributed by atoms with Gasteiger partial charge in [-0.05, 0) is 80.2 Å². The zero-order valence-electron chi connectivity index (χ0n) is 22.2. The number of hydrogen-bond acceptors (Lipinski definition) is 4. The minimum absolute atomic E-state index is 0.0122. The number of benzene rings is 2. The van der Waals surface area contributed by atoms with Gasteiger partial charge in [-0.15, -0.1) is 0 Å². The number of amides is 2. The van der Waals surface area contributed by atoms with Gasteiger partial charge in [-0.2, -0.15) is 0 Å². The Kier molecular flexibility index (Phi) is 8.22. The Balaban J connectivity index is 1.41. The highest BCUT2D eigenvalue weighted by atomic mass is 16.5. The highest BCUT2D eigenvalue weighted by Gasteiger charge is 2.38. The molecular formula is C30H40N2O4. The molecule has 2 aromatic rings.